The Labute approximate surface area is 202 Å². The molecule has 35 heavy (non-hydrogen) atoms. The highest BCUT2D eigenvalue weighted by Crippen LogP contribution is 2.33. The number of aromatic hydroxyl groups is 1. The molecule has 1 amide bonds. The number of carbonyl (C=O) groups excluding carboxylic acids is 2. The summed E-state index contributed by atoms with van der Waals surface area (Å²) < 4.78 is 47.4. The minimum atomic E-state index is -4.25. The second-order valence-corrected chi connectivity index (χ2v) is 9.93. The third kappa shape index (κ3) is 4.50. The Kier molecular flexibility index (Phi) is 6.60. The van der Waals surface area contributed by atoms with E-state index in [-0.39, 0.29) is 34.9 Å². The summed E-state index contributed by atoms with van der Waals surface area (Å²) in [5.41, 5.74) is 1.11. The Morgan fingerprint density at radius 1 is 1.03 bits per heavy atom. The normalized spacial score (nSPS) is 16.3. The van der Waals surface area contributed by atoms with Crippen molar-refractivity contribution in [2.75, 3.05) is 18.6 Å². The molecule has 3 aromatic carbocycles. The number of fused-ring (bicyclic) bond motifs is 1. The SMILES string of the molecule is COC(=O)C1CN(C(=O)c2cccc(F)c2C)c2ccccc2CN1S(=O)(=O)c1ccc(O)cc1. The number of ether oxygens (including phenoxy) is 1. The number of phenols is 1. The molecule has 1 N–H and O–H groups in total. The first-order valence-electron chi connectivity index (χ1n) is 10.7. The van der Waals surface area contributed by atoms with Gasteiger partial charge in [-0.15, -0.1) is 0 Å². The lowest BCUT2D eigenvalue weighted by Crippen LogP contribution is -2.50. The number of esters is 1. The fourth-order valence-electron chi connectivity index (χ4n) is 4.06. The van der Waals surface area contributed by atoms with Crippen LogP contribution in [0.2, 0.25) is 0 Å². The molecule has 1 aliphatic heterocycles. The fraction of sp³-hybridized carbons (Fsp3) is 0.200. The summed E-state index contributed by atoms with van der Waals surface area (Å²) in [7, 11) is -3.12. The van der Waals surface area contributed by atoms with E-state index < -0.39 is 33.8 Å². The molecule has 0 spiro atoms. The van der Waals surface area contributed by atoms with Crippen molar-refractivity contribution < 1.29 is 32.2 Å². The van der Waals surface area contributed by atoms with E-state index in [0.717, 1.165) is 11.4 Å². The summed E-state index contributed by atoms with van der Waals surface area (Å²) in [6.07, 6.45) is 0. The van der Waals surface area contributed by atoms with Gasteiger partial charge in [0.2, 0.25) is 10.0 Å². The number of para-hydroxylation sites is 1. The van der Waals surface area contributed by atoms with Crippen molar-refractivity contribution in [1.29, 1.82) is 0 Å². The Morgan fingerprint density at radius 2 is 1.71 bits per heavy atom. The van der Waals surface area contributed by atoms with Crippen LogP contribution in [0, 0.1) is 12.7 Å². The van der Waals surface area contributed by atoms with E-state index in [1.807, 2.05) is 0 Å². The first-order valence-corrected chi connectivity index (χ1v) is 12.1. The van der Waals surface area contributed by atoms with Gasteiger partial charge in [-0.1, -0.05) is 24.3 Å². The summed E-state index contributed by atoms with van der Waals surface area (Å²) in [6, 6.07) is 14.4. The van der Waals surface area contributed by atoms with Gasteiger partial charge in [0.1, 0.15) is 17.6 Å². The van der Waals surface area contributed by atoms with Crippen LogP contribution in [-0.4, -0.2) is 49.4 Å². The molecule has 0 saturated carbocycles. The smallest absolute Gasteiger partial charge is 0.326 e. The quantitative estimate of drug-likeness (QED) is 0.554. The Bertz CT molecular complexity index is 1390. The molecule has 1 atom stereocenters. The molecule has 0 fully saturated rings. The summed E-state index contributed by atoms with van der Waals surface area (Å²) in [5.74, 6) is -2.10. The highest BCUT2D eigenvalue weighted by Gasteiger charge is 2.42. The number of methoxy groups -OCH3 is 1. The number of nitrogens with zero attached hydrogens (tertiary/aromatic N) is 2. The van der Waals surface area contributed by atoms with E-state index in [0.29, 0.717) is 11.3 Å². The number of carbonyl (C=O) groups is 2. The number of amides is 1. The standard InChI is InChI=1S/C25H23FN2O6S/c1-16-20(7-5-8-21(16)26)24(30)27-15-23(25(31)34-2)28(14-17-6-3-4-9-22(17)27)35(32,33)19-12-10-18(29)11-13-19/h3-13,23,29H,14-15H2,1-2H3. The maximum Gasteiger partial charge on any atom is 0.326 e. The molecule has 8 nitrogen and oxygen atoms in total. The topological polar surface area (TPSA) is 104 Å². The van der Waals surface area contributed by atoms with E-state index in [1.165, 1.54) is 54.3 Å². The predicted molar refractivity (Wildman–Crippen MR) is 126 cm³/mol. The van der Waals surface area contributed by atoms with Crippen molar-refractivity contribution in [2.24, 2.45) is 0 Å². The van der Waals surface area contributed by atoms with Crippen molar-refractivity contribution in [1.82, 2.24) is 4.31 Å². The minimum Gasteiger partial charge on any atom is -0.508 e. The number of anilines is 1. The average Bonchev–Trinajstić information content (AvgIpc) is 3.03. The minimum absolute atomic E-state index is 0.0956. The van der Waals surface area contributed by atoms with Crippen LogP contribution in [0.1, 0.15) is 21.5 Å². The molecule has 1 unspecified atom stereocenters. The van der Waals surface area contributed by atoms with Gasteiger partial charge in [0.15, 0.2) is 0 Å². The van der Waals surface area contributed by atoms with Crippen molar-refractivity contribution in [3.05, 3.63) is 89.2 Å². The molecule has 0 aromatic heterocycles. The number of benzene rings is 3. The lowest BCUT2D eigenvalue weighted by molar-refractivity contribution is -0.144. The Hall–Kier alpha value is -3.76. The molecule has 0 radical (unpaired) electrons. The van der Waals surface area contributed by atoms with Crippen molar-refractivity contribution in [3.63, 3.8) is 0 Å². The zero-order chi connectivity index (χ0) is 25.3. The number of hydrogen-bond acceptors (Lipinski definition) is 6. The van der Waals surface area contributed by atoms with Gasteiger partial charge in [0, 0.05) is 17.8 Å². The number of rotatable bonds is 4. The Morgan fingerprint density at radius 3 is 2.40 bits per heavy atom. The van der Waals surface area contributed by atoms with Crippen LogP contribution < -0.4 is 4.90 Å². The molecule has 10 heteroatoms. The van der Waals surface area contributed by atoms with Crippen LogP contribution in [0.15, 0.2) is 71.6 Å². The molecule has 1 aliphatic rings. The van der Waals surface area contributed by atoms with E-state index in [1.54, 1.807) is 24.3 Å². The molecule has 0 bridgehead atoms. The summed E-state index contributed by atoms with van der Waals surface area (Å²) in [4.78, 5) is 27.6. The van der Waals surface area contributed by atoms with Gasteiger partial charge in [-0.05, 0) is 60.5 Å². The van der Waals surface area contributed by atoms with Crippen LogP contribution in [0.3, 0.4) is 0 Å². The largest absolute Gasteiger partial charge is 0.508 e. The number of sulfonamides is 1. The zero-order valence-electron chi connectivity index (χ0n) is 19.0. The highest BCUT2D eigenvalue weighted by molar-refractivity contribution is 7.89. The monoisotopic (exact) mass is 498 g/mol. The molecule has 182 valence electrons. The molecule has 3 aromatic rings. The Balaban J connectivity index is 1.86. The van der Waals surface area contributed by atoms with Crippen molar-refractivity contribution in [3.8, 4) is 5.75 Å². The maximum absolute atomic E-state index is 14.2. The van der Waals surface area contributed by atoms with Crippen LogP contribution in [-0.2, 0) is 26.1 Å². The zero-order valence-corrected chi connectivity index (χ0v) is 19.8. The lowest BCUT2D eigenvalue weighted by atomic mass is 10.1. The van der Waals surface area contributed by atoms with E-state index in [4.69, 9.17) is 4.74 Å². The lowest BCUT2D eigenvalue weighted by Gasteiger charge is -2.29. The maximum atomic E-state index is 14.2. The predicted octanol–water partition coefficient (Wildman–Crippen LogP) is 3.23. The van der Waals surface area contributed by atoms with Crippen LogP contribution in [0.25, 0.3) is 0 Å². The van der Waals surface area contributed by atoms with Gasteiger partial charge >= 0.3 is 5.97 Å². The number of hydrogen-bond donors (Lipinski definition) is 1. The summed E-state index contributed by atoms with van der Waals surface area (Å²) in [6.45, 7) is 0.909. The second-order valence-electron chi connectivity index (χ2n) is 8.04. The van der Waals surface area contributed by atoms with Gasteiger partial charge < -0.3 is 14.7 Å². The fourth-order valence-corrected chi connectivity index (χ4v) is 5.61. The molecule has 4 rings (SSSR count). The average molecular weight is 499 g/mol. The van der Waals surface area contributed by atoms with Crippen LogP contribution >= 0.6 is 0 Å². The number of phenolic OH excluding ortho intramolecular Hbond substituents is 1. The van der Waals surface area contributed by atoms with Crippen molar-refractivity contribution >= 4 is 27.6 Å². The number of halogens is 1. The highest BCUT2D eigenvalue weighted by atomic mass is 32.2. The van der Waals surface area contributed by atoms with E-state index in [9.17, 15) is 27.5 Å². The van der Waals surface area contributed by atoms with Crippen LogP contribution in [0.4, 0.5) is 10.1 Å². The summed E-state index contributed by atoms with van der Waals surface area (Å²) in [5, 5.41) is 9.58. The molecular weight excluding hydrogens is 475 g/mol. The van der Waals surface area contributed by atoms with Crippen molar-refractivity contribution in [2.45, 2.75) is 24.4 Å². The van der Waals surface area contributed by atoms with E-state index in [2.05, 4.69) is 0 Å². The van der Waals surface area contributed by atoms with Gasteiger partial charge in [-0.3, -0.25) is 9.59 Å². The molecule has 0 saturated heterocycles. The van der Waals surface area contributed by atoms with E-state index >= 15 is 0 Å². The van der Waals surface area contributed by atoms with Crippen LogP contribution in [0.5, 0.6) is 5.75 Å². The summed E-state index contributed by atoms with van der Waals surface area (Å²) >= 11 is 0. The molecule has 1 heterocycles. The first kappa shape index (κ1) is 24.4. The third-order valence-corrected chi connectivity index (χ3v) is 7.84. The van der Waals surface area contributed by atoms with Gasteiger partial charge in [-0.25, -0.2) is 12.8 Å². The third-order valence-electron chi connectivity index (χ3n) is 5.97. The second kappa shape index (κ2) is 9.47. The molecule has 0 aliphatic carbocycles. The first-order chi connectivity index (χ1) is 16.6. The van der Waals surface area contributed by atoms with Gasteiger partial charge in [0.05, 0.1) is 18.6 Å². The molecular formula is C25H23FN2O6S. The van der Waals surface area contributed by atoms with Gasteiger partial charge in [0.25, 0.3) is 5.91 Å². The van der Waals surface area contributed by atoms with Gasteiger partial charge in [-0.2, -0.15) is 4.31 Å².